The van der Waals surface area contributed by atoms with Crippen LogP contribution in [-0.2, 0) is 0 Å². The van der Waals surface area contributed by atoms with Crippen LogP contribution in [0.3, 0.4) is 0 Å². The highest BCUT2D eigenvalue weighted by Gasteiger charge is 2.52. The number of nitrogens with zero attached hydrogens (tertiary/aromatic N) is 6. The second-order valence-corrected chi connectivity index (χ2v) is 11.0. The van der Waals surface area contributed by atoms with Gasteiger partial charge >= 0.3 is 0 Å². The van der Waals surface area contributed by atoms with E-state index in [1.807, 2.05) is 13.0 Å². The molecule has 38 heavy (non-hydrogen) atoms. The lowest BCUT2D eigenvalue weighted by atomic mass is 9.73. The van der Waals surface area contributed by atoms with Crippen LogP contribution in [0.2, 0.25) is 0 Å². The number of hydrogen-bond acceptors (Lipinski definition) is 10. The molecule has 0 amide bonds. The maximum absolute atomic E-state index is 15.9. The summed E-state index contributed by atoms with van der Waals surface area (Å²) in [4.78, 5) is 6.69. The van der Waals surface area contributed by atoms with Gasteiger partial charge in [0.15, 0.2) is 5.75 Å². The Hall–Kier alpha value is -3.60. The number of halogens is 1. The van der Waals surface area contributed by atoms with Crippen LogP contribution < -0.4 is 19.7 Å². The van der Waals surface area contributed by atoms with Crippen molar-refractivity contribution < 1.29 is 19.0 Å². The molecule has 2 N–H and O–H groups in total. The number of anilines is 1. The van der Waals surface area contributed by atoms with E-state index < -0.39 is 11.7 Å². The molecule has 0 spiro atoms. The molecule has 0 radical (unpaired) electrons. The number of fused-ring (bicyclic) bond motifs is 3. The first-order chi connectivity index (χ1) is 18.5. The van der Waals surface area contributed by atoms with Crippen molar-refractivity contribution in [2.75, 3.05) is 18.1 Å². The molecule has 3 fully saturated rings. The Bertz CT molecular complexity index is 1350. The number of benzene rings is 1. The van der Waals surface area contributed by atoms with Crippen LogP contribution in [0.1, 0.15) is 45.4 Å². The molecule has 3 aromatic rings. The van der Waals surface area contributed by atoms with Crippen LogP contribution in [-0.4, -0.2) is 73.5 Å². The lowest BCUT2D eigenvalue weighted by Gasteiger charge is -2.52. The number of alkyl halides is 1. The van der Waals surface area contributed by atoms with Gasteiger partial charge in [-0.2, -0.15) is 0 Å². The summed E-state index contributed by atoms with van der Waals surface area (Å²) in [7, 11) is 0. The smallest absolute Gasteiger partial charge is 0.276 e. The molecule has 0 unspecified atom stereocenters. The van der Waals surface area contributed by atoms with Crippen LogP contribution >= 0.6 is 0 Å². The van der Waals surface area contributed by atoms with Gasteiger partial charge in [0, 0.05) is 34.8 Å². The SMILES string of the molecule is C[C@@]12CCC[C@@H](C[C@H](N(c3ncc(-c4ccc(-c5cc6c(nn5)OCCO6)cc4O)nn3)C3CC3)[C@@H]1F)N2. The summed E-state index contributed by atoms with van der Waals surface area (Å²) < 4.78 is 26.9. The van der Waals surface area contributed by atoms with Crippen molar-refractivity contribution in [3.05, 3.63) is 30.5 Å². The Kier molecular flexibility index (Phi) is 5.57. The fourth-order valence-corrected chi connectivity index (χ4v) is 6.16. The number of ether oxygens (including phenoxy) is 2. The molecule has 3 aliphatic heterocycles. The highest BCUT2D eigenvalue weighted by Crippen LogP contribution is 2.42. The first-order valence-electron chi connectivity index (χ1n) is 13.4. The van der Waals surface area contributed by atoms with E-state index in [2.05, 4.69) is 35.6 Å². The normalized spacial score (nSPS) is 28.1. The van der Waals surface area contributed by atoms with Gasteiger partial charge in [0.1, 0.15) is 30.8 Å². The van der Waals surface area contributed by atoms with Crippen LogP contribution in [0.4, 0.5) is 10.3 Å². The van der Waals surface area contributed by atoms with Crippen molar-refractivity contribution in [1.82, 2.24) is 30.7 Å². The average Bonchev–Trinajstić information content (AvgIpc) is 3.77. The lowest BCUT2D eigenvalue weighted by molar-refractivity contribution is 0.0383. The molecule has 1 aromatic carbocycles. The molecule has 2 saturated heterocycles. The lowest BCUT2D eigenvalue weighted by Crippen LogP contribution is -2.69. The highest BCUT2D eigenvalue weighted by molar-refractivity contribution is 5.73. The van der Waals surface area contributed by atoms with Crippen molar-refractivity contribution in [3.63, 3.8) is 0 Å². The topological polar surface area (TPSA) is 118 Å². The molecule has 10 nitrogen and oxygen atoms in total. The number of aromatic nitrogens is 5. The molecule has 4 atom stereocenters. The zero-order valence-electron chi connectivity index (χ0n) is 21.2. The third-order valence-electron chi connectivity index (χ3n) is 8.21. The summed E-state index contributed by atoms with van der Waals surface area (Å²) in [6.45, 7) is 2.90. The second-order valence-electron chi connectivity index (χ2n) is 11.0. The van der Waals surface area contributed by atoms with Gasteiger partial charge in [0.2, 0.25) is 5.95 Å². The van der Waals surface area contributed by atoms with E-state index in [0.717, 1.165) is 38.5 Å². The van der Waals surface area contributed by atoms with Crippen molar-refractivity contribution >= 4 is 5.95 Å². The van der Waals surface area contributed by atoms with Crippen LogP contribution in [0.25, 0.3) is 22.5 Å². The fraction of sp³-hybridized carbons (Fsp3) is 0.519. The third-order valence-corrected chi connectivity index (χ3v) is 8.21. The largest absolute Gasteiger partial charge is 0.507 e. The zero-order valence-corrected chi connectivity index (χ0v) is 21.2. The first-order valence-corrected chi connectivity index (χ1v) is 13.4. The maximum atomic E-state index is 15.9. The number of aromatic hydroxyl groups is 1. The average molecular weight is 520 g/mol. The van der Waals surface area contributed by atoms with Crippen LogP contribution in [0.5, 0.6) is 17.4 Å². The van der Waals surface area contributed by atoms with Crippen molar-refractivity contribution in [3.8, 4) is 39.9 Å². The molecule has 2 aromatic heterocycles. The molecule has 11 heteroatoms. The Labute approximate surface area is 219 Å². The minimum absolute atomic E-state index is 0.0185. The first kappa shape index (κ1) is 23.5. The van der Waals surface area contributed by atoms with Gasteiger partial charge in [0.25, 0.3) is 5.88 Å². The Balaban J connectivity index is 1.14. The molecule has 1 saturated carbocycles. The molecule has 4 aliphatic rings. The van der Waals surface area contributed by atoms with Gasteiger partial charge in [-0.15, -0.1) is 20.4 Å². The Morgan fingerprint density at radius 1 is 1.05 bits per heavy atom. The quantitative estimate of drug-likeness (QED) is 0.519. The minimum atomic E-state index is -1.01. The van der Waals surface area contributed by atoms with Crippen molar-refractivity contribution in [2.24, 2.45) is 0 Å². The second kappa shape index (κ2) is 9.00. The minimum Gasteiger partial charge on any atom is -0.507 e. The summed E-state index contributed by atoms with van der Waals surface area (Å²) in [6.07, 6.45) is 6.32. The van der Waals surface area contributed by atoms with Gasteiger partial charge in [0.05, 0.1) is 17.9 Å². The molecule has 7 rings (SSSR count). The van der Waals surface area contributed by atoms with E-state index in [0.29, 0.717) is 59.3 Å². The summed E-state index contributed by atoms with van der Waals surface area (Å²) >= 11 is 0. The zero-order chi connectivity index (χ0) is 25.9. The molecule has 198 valence electrons. The van der Waals surface area contributed by atoms with Crippen molar-refractivity contribution in [2.45, 2.75) is 75.3 Å². The summed E-state index contributed by atoms with van der Waals surface area (Å²) in [5.41, 5.74) is 1.65. The van der Waals surface area contributed by atoms with E-state index in [-0.39, 0.29) is 17.8 Å². The van der Waals surface area contributed by atoms with E-state index in [9.17, 15) is 5.11 Å². The Morgan fingerprint density at radius 3 is 2.68 bits per heavy atom. The number of piperidine rings is 2. The van der Waals surface area contributed by atoms with E-state index in [4.69, 9.17) is 9.47 Å². The predicted molar refractivity (Wildman–Crippen MR) is 137 cm³/mol. The van der Waals surface area contributed by atoms with Crippen molar-refractivity contribution in [1.29, 1.82) is 0 Å². The molecular formula is C27H30FN7O3. The summed E-state index contributed by atoms with van der Waals surface area (Å²) in [6, 6.07) is 7.20. The highest BCUT2D eigenvalue weighted by atomic mass is 19.1. The molecule has 2 bridgehead atoms. The van der Waals surface area contributed by atoms with Gasteiger partial charge in [-0.1, -0.05) is 6.07 Å². The van der Waals surface area contributed by atoms with Crippen LogP contribution in [0.15, 0.2) is 30.5 Å². The number of rotatable bonds is 5. The number of hydrogen-bond donors (Lipinski definition) is 2. The number of phenols is 1. The van der Waals surface area contributed by atoms with Crippen LogP contribution in [0, 0.1) is 0 Å². The number of phenolic OH excluding ortho intramolecular Hbond substituents is 1. The van der Waals surface area contributed by atoms with E-state index in [1.165, 1.54) is 0 Å². The standard InChI is InChI=1S/C27H30FN7O3/c1-27-8-2-3-16(30-27)12-21(24(27)28)35(17-5-6-17)26-29-14-20(32-34-26)18-7-4-15(11-22(18)36)19-13-23-25(33-31-19)38-10-9-37-23/h4,7,11,13-14,16-17,21,24,30,36H,2-3,5-6,8-10,12H2,1H3/t16-,21-,24-,27+/m0/s1. The van der Waals surface area contributed by atoms with Gasteiger partial charge in [-0.05, 0) is 57.6 Å². The van der Waals surface area contributed by atoms with Gasteiger partial charge in [-0.25, -0.2) is 9.37 Å². The van der Waals surface area contributed by atoms with Gasteiger partial charge in [-0.3, -0.25) is 0 Å². The maximum Gasteiger partial charge on any atom is 0.276 e. The van der Waals surface area contributed by atoms with E-state index in [1.54, 1.807) is 24.4 Å². The fourth-order valence-electron chi connectivity index (χ4n) is 6.16. The van der Waals surface area contributed by atoms with E-state index >= 15 is 4.39 Å². The third kappa shape index (κ3) is 4.09. The Morgan fingerprint density at radius 2 is 1.89 bits per heavy atom. The summed E-state index contributed by atoms with van der Waals surface area (Å²) in [5.74, 6) is 1.36. The predicted octanol–water partition coefficient (Wildman–Crippen LogP) is 3.45. The number of nitrogens with one attached hydrogen (secondary N) is 1. The molecule has 5 heterocycles. The monoisotopic (exact) mass is 519 g/mol. The van der Waals surface area contributed by atoms with Gasteiger partial charge < -0.3 is 24.8 Å². The molecule has 1 aliphatic carbocycles. The molecular weight excluding hydrogens is 489 g/mol. The summed E-state index contributed by atoms with van der Waals surface area (Å²) in [5, 5.41) is 31.4.